The summed E-state index contributed by atoms with van der Waals surface area (Å²) < 4.78 is 32.9. The van der Waals surface area contributed by atoms with Crippen LogP contribution in [0.2, 0.25) is 0 Å². The molecule has 1 saturated heterocycles. The highest BCUT2D eigenvalue weighted by Gasteiger charge is 2.28. The van der Waals surface area contributed by atoms with Crippen molar-refractivity contribution in [3.8, 4) is 11.5 Å². The van der Waals surface area contributed by atoms with Crippen LogP contribution >= 0.6 is 11.8 Å². The minimum atomic E-state index is -2.96. The van der Waals surface area contributed by atoms with Crippen molar-refractivity contribution in [1.82, 2.24) is 10.9 Å². The Kier molecular flexibility index (Phi) is 6.54. The van der Waals surface area contributed by atoms with E-state index in [0.29, 0.717) is 17.9 Å². The third-order valence-electron chi connectivity index (χ3n) is 3.57. The third-order valence-corrected chi connectivity index (χ3v) is 6.85. The maximum atomic E-state index is 12.1. The molecule has 1 aromatic rings. The van der Waals surface area contributed by atoms with Gasteiger partial charge in [-0.15, -0.1) is 11.8 Å². The van der Waals surface area contributed by atoms with Crippen LogP contribution in [0.25, 0.3) is 0 Å². The highest BCUT2D eigenvalue weighted by molar-refractivity contribution is 8.02. The lowest BCUT2D eigenvalue weighted by Gasteiger charge is -2.11. The van der Waals surface area contributed by atoms with E-state index in [9.17, 15) is 18.0 Å². The molecule has 2 rings (SSSR count). The summed E-state index contributed by atoms with van der Waals surface area (Å²) >= 11 is 1.27. The zero-order valence-corrected chi connectivity index (χ0v) is 15.5. The zero-order valence-electron chi connectivity index (χ0n) is 13.9. The Morgan fingerprint density at radius 2 is 1.80 bits per heavy atom. The Bertz CT molecular complexity index is 728. The van der Waals surface area contributed by atoms with Crippen LogP contribution in [-0.2, 0) is 14.6 Å². The first kappa shape index (κ1) is 19.4. The largest absolute Gasteiger partial charge is 0.497 e. The molecule has 1 aromatic carbocycles. The van der Waals surface area contributed by atoms with Crippen LogP contribution in [0.4, 0.5) is 0 Å². The van der Waals surface area contributed by atoms with Gasteiger partial charge in [-0.1, -0.05) is 0 Å². The lowest BCUT2D eigenvalue weighted by Crippen LogP contribution is -2.42. The second kappa shape index (κ2) is 8.43. The number of thioether (sulfide) groups is 1. The number of hydrogen-bond acceptors (Lipinski definition) is 7. The fourth-order valence-electron chi connectivity index (χ4n) is 2.26. The standard InChI is InChI=1S/C15H20N2O6S2/c1-22-11-5-10(6-12(7-11)23-2)15(19)17-16-14(18)8-24-13-3-4-25(20,21)9-13/h5-7,13H,3-4,8-9H2,1-2H3,(H,16,18)(H,17,19)/t13-/m0/s1. The number of benzene rings is 1. The molecule has 10 heteroatoms. The Morgan fingerprint density at radius 3 is 2.32 bits per heavy atom. The van der Waals surface area contributed by atoms with Crippen molar-refractivity contribution in [3.63, 3.8) is 0 Å². The molecule has 138 valence electrons. The lowest BCUT2D eigenvalue weighted by atomic mass is 10.2. The van der Waals surface area contributed by atoms with E-state index in [2.05, 4.69) is 10.9 Å². The van der Waals surface area contributed by atoms with Crippen LogP contribution in [0.1, 0.15) is 16.8 Å². The Hall–Kier alpha value is -1.94. The number of hydrogen-bond donors (Lipinski definition) is 2. The highest BCUT2D eigenvalue weighted by atomic mass is 32.2. The van der Waals surface area contributed by atoms with E-state index in [1.165, 1.54) is 38.1 Å². The van der Waals surface area contributed by atoms with Crippen molar-refractivity contribution in [3.05, 3.63) is 23.8 Å². The van der Waals surface area contributed by atoms with E-state index < -0.39 is 21.7 Å². The summed E-state index contributed by atoms with van der Waals surface area (Å²) in [6, 6.07) is 4.66. The van der Waals surface area contributed by atoms with Gasteiger partial charge >= 0.3 is 0 Å². The van der Waals surface area contributed by atoms with Crippen molar-refractivity contribution >= 4 is 33.4 Å². The molecule has 2 amide bonds. The van der Waals surface area contributed by atoms with Crippen molar-refractivity contribution in [2.75, 3.05) is 31.5 Å². The number of hydrazine groups is 1. The molecule has 0 spiro atoms. The first-order valence-corrected chi connectivity index (χ1v) is 10.3. The van der Waals surface area contributed by atoms with Crippen LogP contribution in [0.5, 0.6) is 11.5 Å². The predicted octanol–water partition coefficient (Wildman–Crippen LogP) is 0.385. The normalized spacial score (nSPS) is 18.4. The number of sulfone groups is 1. The van der Waals surface area contributed by atoms with E-state index >= 15 is 0 Å². The molecule has 0 unspecified atom stereocenters. The lowest BCUT2D eigenvalue weighted by molar-refractivity contribution is -0.119. The first-order valence-electron chi connectivity index (χ1n) is 7.47. The Balaban J connectivity index is 1.82. The number of rotatable bonds is 6. The van der Waals surface area contributed by atoms with E-state index in [1.54, 1.807) is 6.07 Å². The maximum Gasteiger partial charge on any atom is 0.269 e. The smallest absolute Gasteiger partial charge is 0.269 e. The summed E-state index contributed by atoms with van der Waals surface area (Å²) in [5, 5.41) is -0.0749. The average molecular weight is 388 g/mol. The molecule has 2 N–H and O–H groups in total. The highest BCUT2D eigenvalue weighted by Crippen LogP contribution is 2.24. The molecule has 25 heavy (non-hydrogen) atoms. The van der Waals surface area contributed by atoms with E-state index in [4.69, 9.17) is 9.47 Å². The van der Waals surface area contributed by atoms with Crippen molar-refractivity contribution in [1.29, 1.82) is 0 Å². The molecule has 1 heterocycles. The summed E-state index contributed by atoms with van der Waals surface area (Å²) in [5.41, 5.74) is 4.89. The zero-order chi connectivity index (χ0) is 18.4. The van der Waals surface area contributed by atoms with Crippen LogP contribution < -0.4 is 20.3 Å². The Morgan fingerprint density at radius 1 is 1.16 bits per heavy atom. The number of amides is 2. The van der Waals surface area contributed by atoms with Gasteiger partial charge in [0.1, 0.15) is 11.5 Å². The predicted molar refractivity (Wildman–Crippen MR) is 94.7 cm³/mol. The monoisotopic (exact) mass is 388 g/mol. The molecular formula is C15H20N2O6S2. The quantitative estimate of drug-likeness (QED) is 0.678. The van der Waals surface area contributed by atoms with Crippen LogP contribution in [0.3, 0.4) is 0 Å². The second-order valence-corrected chi connectivity index (χ2v) is 8.96. The van der Waals surface area contributed by atoms with Crippen molar-refractivity contribution < 1.29 is 27.5 Å². The summed E-state index contributed by atoms with van der Waals surface area (Å²) in [5.74, 6) is 0.322. The Labute approximate surface area is 150 Å². The van der Waals surface area contributed by atoms with Gasteiger partial charge in [0.2, 0.25) is 5.91 Å². The van der Waals surface area contributed by atoms with Gasteiger partial charge in [-0.05, 0) is 18.6 Å². The number of carbonyl (C=O) groups is 2. The molecule has 1 atom stereocenters. The maximum absolute atomic E-state index is 12.1. The molecule has 1 aliphatic rings. The topological polar surface area (TPSA) is 111 Å². The van der Waals surface area contributed by atoms with Crippen LogP contribution in [-0.4, -0.2) is 57.0 Å². The number of carbonyl (C=O) groups excluding carboxylic acids is 2. The SMILES string of the molecule is COc1cc(OC)cc(C(=O)NNC(=O)CS[C@H]2CCS(=O)(=O)C2)c1. The summed E-state index contributed by atoms with van der Waals surface area (Å²) in [7, 11) is -0.0226. The van der Waals surface area contributed by atoms with Crippen LogP contribution in [0.15, 0.2) is 18.2 Å². The van der Waals surface area contributed by atoms with E-state index in [0.717, 1.165) is 0 Å². The molecule has 0 bridgehead atoms. The van der Waals surface area contributed by atoms with Gasteiger partial charge < -0.3 is 9.47 Å². The van der Waals surface area contributed by atoms with Gasteiger partial charge in [0.25, 0.3) is 5.91 Å². The fourth-order valence-corrected chi connectivity index (χ4v) is 5.70. The van der Waals surface area contributed by atoms with Gasteiger partial charge in [0, 0.05) is 16.9 Å². The first-order chi connectivity index (χ1) is 11.8. The molecular weight excluding hydrogens is 368 g/mol. The minimum absolute atomic E-state index is 0.0713. The van der Waals surface area contributed by atoms with Crippen molar-refractivity contribution in [2.45, 2.75) is 11.7 Å². The van der Waals surface area contributed by atoms with Gasteiger partial charge in [-0.2, -0.15) is 0 Å². The van der Waals surface area contributed by atoms with Gasteiger partial charge in [-0.25, -0.2) is 8.42 Å². The van der Waals surface area contributed by atoms with Gasteiger partial charge in [-0.3, -0.25) is 20.4 Å². The van der Waals surface area contributed by atoms with E-state index in [-0.39, 0.29) is 28.1 Å². The van der Waals surface area contributed by atoms with Crippen LogP contribution in [0, 0.1) is 0 Å². The molecule has 0 radical (unpaired) electrons. The molecule has 8 nitrogen and oxygen atoms in total. The number of ether oxygens (including phenoxy) is 2. The van der Waals surface area contributed by atoms with E-state index in [1.807, 2.05) is 0 Å². The third kappa shape index (κ3) is 5.82. The van der Waals surface area contributed by atoms with Gasteiger partial charge in [0.15, 0.2) is 9.84 Å². The molecule has 0 aliphatic carbocycles. The average Bonchev–Trinajstić information content (AvgIpc) is 2.96. The summed E-state index contributed by atoms with van der Waals surface area (Å²) in [4.78, 5) is 23.9. The molecule has 0 aromatic heterocycles. The molecule has 1 aliphatic heterocycles. The molecule has 1 fully saturated rings. The van der Waals surface area contributed by atoms with Gasteiger partial charge in [0.05, 0.1) is 31.5 Å². The minimum Gasteiger partial charge on any atom is -0.497 e. The number of methoxy groups -OCH3 is 2. The molecule has 0 saturated carbocycles. The summed E-state index contributed by atoms with van der Waals surface area (Å²) in [6.07, 6.45) is 0.552. The number of nitrogens with one attached hydrogen (secondary N) is 2. The van der Waals surface area contributed by atoms with Crippen molar-refractivity contribution in [2.24, 2.45) is 0 Å². The second-order valence-electron chi connectivity index (χ2n) is 5.44. The fraction of sp³-hybridized carbons (Fsp3) is 0.467. The summed E-state index contributed by atoms with van der Waals surface area (Å²) in [6.45, 7) is 0.